The van der Waals surface area contributed by atoms with E-state index < -0.39 is 17.7 Å². The predicted octanol–water partition coefficient (Wildman–Crippen LogP) is 4.62. The Bertz CT molecular complexity index is 1030. The van der Waals surface area contributed by atoms with Crippen molar-refractivity contribution >= 4 is 5.97 Å². The number of carbonyl (C=O) groups is 1. The van der Waals surface area contributed by atoms with E-state index in [2.05, 4.69) is 10.1 Å². The van der Waals surface area contributed by atoms with Crippen LogP contribution in [0.25, 0.3) is 5.82 Å². The predicted molar refractivity (Wildman–Crippen MR) is 103 cm³/mol. The molecule has 3 aromatic rings. The Morgan fingerprint density at radius 1 is 1.23 bits per heavy atom. The van der Waals surface area contributed by atoms with E-state index in [1.165, 1.54) is 10.7 Å². The van der Waals surface area contributed by atoms with Crippen molar-refractivity contribution in [2.75, 3.05) is 0 Å². The summed E-state index contributed by atoms with van der Waals surface area (Å²) in [4.78, 5) is 14.7. The molecule has 0 atom stereocenters. The third-order valence-corrected chi connectivity index (χ3v) is 4.33. The molecule has 2 heterocycles. The van der Waals surface area contributed by atoms with Crippen molar-refractivity contribution in [2.45, 2.75) is 39.0 Å². The summed E-state index contributed by atoms with van der Waals surface area (Å²) in [5, 5.41) is 13.4. The number of ether oxygens (including phenoxy) is 1. The molecule has 1 aromatic carbocycles. The Morgan fingerprint density at radius 2 is 2.00 bits per heavy atom. The molecule has 0 spiro atoms. The number of aliphatic carboxylic acids is 1. The van der Waals surface area contributed by atoms with Crippen LogP contribution in [0.2, 0.25) is 0 Å². The second-order valence-corrected chi connectivity index (χ2v) is 7.05. The van der Waals surface area contributed by atoms with Crippen molar-refractivity contribution in [1.29, 1.82) is 0 Å². The molecule has 9 heteroatoms. The van der Waals surface area contributed by atoms with E-state index >= 15 is 0 Å². The van der Waals surface area contributed by atoms with Crippen LogP contribution in [0.5, 0.6) is 5.75 Å². The monoisotopic (exact) mass is 419 g/mol. The fourth-order valence-electron chi connectivity index (χ4n) is 2.91. The van der Waals surface area contributed by atoms with Gasteiger partial charge in [0.15, 0.2) is 5.82 Å². The van der Waals surface area contributed by atoms with Gasteiger partial charge in [-0.25, -0.2) is 9.67 Å². The molecule has 0 saturated heterocycles. The summed E-state index contributed by atoms with van der Waals surface area (Å²) in [6, 6.07) is 9.03. The maximum Gasteiger partial charge on any atom is 0.417 e. The van der Waals surface area contributed by atoms with Crippen LogP contribution < -0.4 is 4.74 Å². The molecule has 3 rings (SSSR count). The van der Waals surface area contributed by atoms with Crippen LogP contribution in [0.3, 0.4) is 0 Å². The number of carboxylic acid groups (broad SMARTS) is 1. The highest BCUT2D eigenvalue weighted by Gasteiger charge is 2.30. The first-order valence-electron chi connectivity index (χ1n) is 9.19. The molecule has 0 bridgehead atoms. The van der Waals surface area contributed by atoms with Crippen LogP contribution in [0, 0.1) is 0 Å². The summed E-state index contributed by atoms with van der Waals surface area (Å²) in [6.07, 6.45) is -2.11. The average molecular weight is 419 g/mol. The largest absolute Gasteiger partial charge is 0.489 e. The van der Waals surface area contributed by atoms with Gasteiger partial charge < -0.3 is 9.84 Å². The highest BCUT2D eigenvalue weighted by molar-refractivity contribution is 5.70. The Kier molecular flexibility index (Phi) is 6.09. The Hall–Kier alpha value is -3.36. The molecule has 6 nitrogen and oxygen atoms in total. The molecule has 0 radical (unpaired) electrons. The number of aromatic nitrogens is 3. The van der Waals surface area contributed by atoms with E-state index in [9.17, 15) is 18.0 Å². The quantitative estimate of drug-likeness (QED) is 0.605. The van der Waals surface area contributed by atoms with Gasteiger partial charge in [0.1, 0.15) is 12.4 Å². The van der Waals surface area contributed by atoms with E-state index in [0.717, 1.165) is 23.5 Å². The normalized spacial score (nSPS) is 11.7. The number of carboxylic acids is 1. The first-order chi connectivity index (χ1) is 14.1. The van der Waals surface area contributed by atoms with E-state index in [4.69, 9.17) is 9.84 Å². The van der Waals surface area contributed by atoms with Gasteiger partial charge in [-0.3, -0.25) is 4.79 Å². The lowest BCUT2D eigenvalue weighted by Crippen LogP contribution is -2.07. The average Bonchev–Trinajstić information content (AvgIpc) is 3.10. The van der Waals surface area contributed by atoms with Gasteiger partial charge in [0.05, 0.1) is 17.7 Å². The second-order valence-electron chi connectivity index (χ2n) is 7.05. The maximum absolute atomic E-state index is 12.7. The van der Waals surface area contributed by atoms with Crippen LogP contribution in [0.1, 0.15) is 42.1 Å². The van der Waals surface area contributed by atoms with Gasteiger partial charge in [-0.2, -0.15) is 18.3 Å². The Balaban J connectivity index is 1.80. The highest BCUT2D eigenvalue weighted by Crippen LogP contribution is 2.29. The topological polar surface area (TPSA) is 77.2 Å². The lowest BCUT2D eigenvalue weighted by molar-refractivity contribution is -0.138. The summed E-state index contributed by atoms with van der Waals surface area (Å²) in [7, 11) is 0. The number of alkyl halides is 3. The van der Waals surface area contributed by atoms with Gasteiger partial charge in [0, 0.05) is 18.0 Å². The molecule has 0 fully saturated rings. The number of rotatable bonds is 7. The number of nitrogens with zero attached hydrogens (tertiary/aromatic N) is 3. The maximum atomic E-state index is 12.7. The Labute approximate surface area is 170 Å². The zero-order chi connectivity index (χ0) is 21.9. The van der Waals surface area contributed by atoms with Crippen molar-refractivity contribution in [3.63, 3.8) is 0 Å². The zero-order valence-corrected chi connectivity index (χ0v) is 16.3. The van der Waals surface area contributed by atoms with Crippen molar-refractivity contribution in [3.8, 4) is 11.6 Å². The fraction of sp³-hybridized carbons (Fsp3) is 0.286. The van der Waals surface area contributed by atoms with Gasteiger partial charge in [-0.1, -0.05) is 26.0 Å². The van der Waals surface area contributed by atoms with Crippen molar-refractivity contribution in [2.24, 2.45) is 0 Å². The van der Waals surface area contributed by atoms with Crippen LogP contribution >= 0.6 is 0 Å². The first-order valence-corrected chi connectivity index (χ1v) is 9.19. The minimum Gasteiger partial charge on any atom is -0.489 e. The van der Waals surface area contributed by atoms with Crippen LogP contribution in [-0.2, 0) is 24.0 Å². The zero-order valence-electron chi connectivity index (χ0n) is 16.3. The summed E-state index contributed by atoms with van der Waals surface area (Å²) in [5.74, 6) is -0.0966. The van der Waals surface area contributed by atoms with Crippen molar-refractivity contribution < 1.29 is 27.8 Å². The molecule has 0 aliphatic rings. The molecule has 158 valence electrons. The van der Waals surface area contributed by atoms with E-state index in [1.807, 2.05) is 13.8 Å². The second kappa shape index (κ2) is 8.56. The first kappa shape index (κ1) is 21.4. The van der Waals surface area contributed by atoms with Gasteiger partial charge in [-0.15, -0.1) is 0 Å². The van der Waals surface area contributed by atoms with Crippen molar-refractivity contribution in [1.82, 2.24) is 14.8 Å². The van der Waals surface area contributed by atoms with Gasteiger partial charge >= 0.3 is 12.1 Å². The lowest BCUT2D eigenvalue weighted by atomic mass is 10.1. The minimum absolute atomic E-state index is 0.0534. The molecule has 0 aliphatic heterocycles. The van der Waals surface area contributed by atoms with E-state index in [1.54, 1.807) is 30.5 Å². The number of hydrogen-bond donors (Lipinski definition) is 1. The van der Waals surface area contributed by atoms with E-state index in [0.29, 0.717) is 11.3 Å². The molecular formula is C21H20F3N3O3. The van der Waals surface area contributed by atoms with Crippen LogP contribution in [-0.4, -0.2) is 25.8 Å². The molecule has 0 saturated carbocycles. The summed E-state index contributed by atoms with van der Waals surface area (Å²) < 4.78 is 45.5. The van der Waals surface area contributed by atoms with Gasteiger partial charge in [-0.05, 0) is 35.7 Å². The molecule has 2 aromatic heterocycles. The van der Waals surface area contributed by atoms with Gasteiger partial charge in [0.2, 0.25) is 0 Å². The minimum atomic E-state index is -4.45. The third kappa shape index (κ3) is 5.16. The summed E-state index contributed by atoms with van der Waals surface area (Å²) in [5.41, 5.74) is 1.29. The summed E-state index contributed by atoms with van der Waals surface area (Å²) >= 11 is 0. The molecule has 0 unspecified atom stereocenters. The SMILES string of the molecule is CC(C)c1nn(-c2ccc(C(F)(F)F)cn2)cc1COc1cccc(CC(=O)O)c1. The van der Waals surface area contributed by atoms with E-state index in [-0.39, 0.29) is 24.8 Å². The molecular weight excluding hydrogens is 399 g/mol. The fourth-order valence-corrected chi connectivity index (χ4v) is 2.91. The van der Waals surface area contributed by atoms with Crippen molar-refractivity contribution in [3.05, 3.63) is 71.2 Å². The van der Waals surface area contributed by atoms with Crippen LogP contribution in [0.4, 0.5) is 13.2 Å². The molecule has 30 heavy (non-hydrogen) atoms. The molecule has 1 N–H and O–H groups in total. The molecule has 0 amide bonds. The number of hydrogen-bond acceptors (Lipinski definition) is 4. The Morgan fingerprint density at radius 3 is 2.60 bits per heavy atom. The summed E-state index contributed by atoms with van der Waals surface area (Å²) in [6.45, 7) is 4.07. The lowest BCUT2D eigenvalue weighted by Gasteiger charge is -2.09. The number of pyridine rings is 1. The standard InChI is InChI=1S/C21H20F3N3O3/c1-13(2)20-15(12-30-17-5-3-4-14(8-17)9-19(28)29)11-27(26-20)18-7-6-16(10-25-18)21(22,23)24/h3-8,10-11,13H,9,12H2,1-2H3,(H,28,29). The smallest absolute Gasteiger partial charge is 0.417 e. The van der Waals surface area contributed by atoms with Gasteiger partial charge in [0.25, 0.3) is 0 Å². The third-order valence-electron chi connectivity index (χ3n) is 4.33. The van der Waals surface area contributed by atoms with Crippen LogP contribution in [0.15, 0.2) is 48.8 Å². The molecule has 0 aliphatic carbocycles. The highest BCUT2D eigenvalue weighted by atomic mass is 19.4. The number of benzene rings is 1. The number of halogens is 3.